The van der Waals surface area contributed by atoms with Crippen molar-refractivity contribution >= 4 is 22.6 Å². The second kappa shape index (κ2) is 4.19. The van der Waals surface area contributed by atoms with Gasteiger partial charge in [-0.2, -0.15) is 0 Å². The fourth-order valence-electron chi connectivity index (χ4n) is 1.81. The average Bonchev–Trinajstić information content (AvgIpc) is 2.87. The van der Waals surface area contributed by atoms with E-state index in [0.29, 0.717) is 5.13 Å². The second-order valence-corrected chi connectivity index (χ2v) is 4.41. The molecule has 2 N–H and O–H groups in total. The summed E-state index contributed by atoms with van der Waals surface area (Å²) in [6, 6.07) is 0. The van der Waals surface area contributed by atoms with E-state index in [9.17, 15) is 4.79 Å². The van der Waals surface area contributed by atoms with Gasteiger partial charge in [-0.05, 0) is 24.6 Å². The van der Waals surface area contributed by atoms with Crippen LogP contribution >= 0.6 is 11.5 Å². The molecule has 0 aliphatic carbocycles. The normalized spacial score (nSPS) is 25.4. The summed E-state index contributed by atoms with van der Waals surface area (Å²) in [6.45, 7) is 3.67. The minimum Gasteiger partial charge on any atom is -0.316 e. The van der Waals surface area contributed by atoms with E-state index in [0.717, 1.165) is 37.5 Å². The molecule has 1 amide bonds. The molecular formula is C8H13N5OS. The van der Waals surface area contributed by atoms with Crippen LogP contribution in [0.15, 0.2) is 0 Å². The van der Waals surface area contributed by atoms with Crippen molar-refractivity contribution in [2.24, 2.45) is 5.41 Å². The second-order valence-electron chi connectivity index (χ2n) is 3.68. The first-order chi connectivity index (χ1) is 7.27. The van der Waals surface area contributed by atoms with Gasteiger partial charge in [-0.3, -0.25) is 10.1 Å². The first-order valence-corrected chi connectivity index (χ1v) is 5.71. The molecule has 1 unspecified atom stereocenters. The number of carbonyl (C=O) groups excluding carboxylic acids is 1. The van der Waals surface area contributed by atoms with Crippen LogP contribution in [-0.2, 0) is 4.79 Å². The zero-order chi connectivity index (χ0) is 10.7. The Morgan fingerprint density at radius 1 is 1.73 bits per heavy atom. The molecule has 0 bridgehead atoms. The van der Waals surface area contributed by atoms with E-state index in [1.54, 1.807) is 0 Å². The van der Waals surface area contributed by atoms with Gasteiger partial charge in [0, 0.05) is 18.1 Å². The third-order valence-corrected chi connectivity index (χ3v) is 3.43. The van der Waals surface area contributed by atoms with Gasteiger partial charge in [-0.25, -0.2) is 0 Å². The quantitative estimate of drug-likeness (QED) is 0.774. The molecule has 82 valence electrons. The van der Waals surface area contributed by atoms with Crippen molar-refractivity contribution in [1.82, 2.24) is 20.1 Å². The molecule has 1 aliphatic heterocycles. The lowest BCUT2D eigenvalue weighted by molar-refractivity contribution is -0.124. The van der Waals surface area contributed by atoms with Crippen molar-refractivity contribution in [2.45, 2.75) is 19.8 Å². The molecule has 0 spiro atoms. The number of aromatic nitrogens is 3. The van der Waals surface area contributed by atoms with Crippen molar-refractivity contribution < 1.29 is 4.79 Å². The van der Waals surface area contributed by atoms with Crippen LogP contribution < -0.4 is 10.6 Å². The van der Waals surface area contributed by atoms with Gasteiger partial charge in [0.25, 0.3) is 0 Å². The van der Waals surface area contributed by atoms with Gasteiger partial charge in [0.05, 0.1) is 5.41 Å². The molecule has 0 radical (unpaired) electrons. The fourth-order valence-corrected chi connectivity index (χ4v) is 2.17. The maximum absolute atomic E-state index is 12.0. The molecule has 0 saturated carbocycles. The van der Waals surface area contributed by atoms with Crippen molar-refractivity contribution in [2.75, 3.05) is 18.4 Å². The van der Waals surface area contributed by atoms with Crippen LogP contribution in [0.4, 0.5) is 5.13 Å². The molecule has 1 aliphatic rings. The first-order valence-electron chi connectivity index (χ1n) is 4.94. The van der Waals surface area contributed by atoms with Gasteiger partial charge in [-0.1, -0.05) is 16.5 Å². The number of nitrogens with zero attached hydrogens (tertiary/aromatic N) is 3. The lowest BCUT2D eigenvalue weighted by atomic mass is 9.83. The van der Waals surface area contributed by atoms with Crippen LogP contribution in [0.1, 0.15) is 19.8 Å². The molecule has 1 saturated heterocycles. The highest BCUT2D eigenvalue weighted by Crippen LogP contribution is 2.30. The summed E-state index contributed by atoms with van der Waals surface area (Å²) in [6.07, 6.45) is 1.71. The number of hydrogen-bond acceptors (Lipinski definition) is 6. The van der Waals surface area contributed by atoms with Crippen molar-refractivity contribution in [3.8, 4) is 0 Å². The zero-order valence-corrected chi connectivity index (χ0v) is 9.30. The van der Waals surface area contributed by atoms with Crippen LogP contribution in [-0.4, -0.2) is 33.8 Å². The fraction of sp³-hybridized carbons (Fsp3) is 0.750. The van der Waals surface area contributed by atoms with E-state index in [2.05, 4.69) is 25.4 Å². The van der Waals surface area contributed by atoms with E-state index < -0.39 is 0 Å². The highest BCUT2D eigenvalue weighted by molar-refractivity contribution is 7.09. The van der Waals surface area contributed by atoms with E-state index in [4.69, 9.17) is 0 Å². The highest BCUT2D eigenvalue weighted by atomic mass is 32.1. The minimum absolute atomic E-state index is 0.0218. The van der Waals surface area contributed by atoms with Gasteiger partial charge in [0.15, 0.2) is 0 Å². The summed E-state index contributed by atoms with van der Waals surface area (Å²) in [4.78, 5) is 12.0. The third-order valence-electron chi connectivity index (χ3n) is 2.92. The predicted octanol–water partition coefficient (Wildman–Crippen LogP) is 0.261. The Labute approximate surface area is 91.6 Å². The Balaban J connectivity index is 2.06. The maximum Gasteiger partial charge on any atom is 0.233 e. The van der Waals surface area contributed by atoms with Crippen molar-refractivity contribution in [3.05, 3.63) is 0 Å². The summed E-state index contributed by atoms with van der Waals surface area (Å²) in [5.41, 5.74) is -0.286. The number of hydrogen-bond donors (Lipinski definition) is 2. The lowest BCUT2D eigenvalue weighted by Gasteiger charge is -2.24. The van der Waals surface area contributed by atoms with Gasteiger partial charge in [0.1, 0.15) is 0 Å². The predicted molar refractivity (Wildman–Crippen MR) is 56.5 cm³/mol. The van der Waals surface area contributed by atoms with Crippen molar-refractivity contribution in [1.29, 1.82) is 0 Å². The number of amides is 1. The summed E-state index contributed by atoms with van der Waals surface area (Å²) < 4.78 is 3.60. The minimum atomic E-state index is -0.286. The smallest absolute Gasteiger partial charge is 0.233 e. The van der Waals surface area contributed by atoms with Gasteiger partial charge in [-0.15, -0.1) is 0 Å². The number of rotatable bonds is 3. The number of carbonyl (C=O) groups is 1. The number of nitrogens with one attached hydrogen (secondary N) is 2. The third kappa shape index (κ3) is 1.98. The summed E-state index contributed by atoms with van der Waals surface area (Å²) in [5.74, 6) is 0.0218. The maximum atomic E-state index is 12.0. The van der Waals surface area contributed by atoms with Gasteiger partial charge < -0.3 is 5.32 Å². The standard InChI is InChI=1S/C8H13N5OS/c1-2-8(3-4-9-5-8)6(14)10-7-11-12-13-15-7/h9H,2-5H2,1H3,(H,10,11,13,14). The van der Waals surface area contributed by atoms with E-state index >= 15 is 0 Å². The van der Waals surface area contributed by atoms with Crippen LogP contribution in [0.5, 0.6) is 0 Å². The Hall–Kier alpha value is -1.08. The molecule has 0 aromatic carbocycles. The largest absolute Gasteiger partial charge is 0.316 e. The average molecular weight is 227 g/mol. The highest BCUT2D eigenvalue weighted by Gasteiger charge is 2.39. The molecule has 6 nitrogen and oxygen atoms in total. The first kappa shape index (κ1) is 10.4. The monoisotopic (exact) mass is 227 g/mol. The van der Waals surface area contributed by atoms with Gasteiger partial charge >= 0.3 is 0 Å². The molecular weight excluding hydrogens is 214 g/mol. The van der Waals surface area contributed by atoms with E-state index in [-0.39, 0.29) is 11.3 Å². The van der Waals surface area contributed by atoms with Crippen LogP contribution in [0.25, 0.3) is 0 Å². The van der Waals surface area contributed by atoms with Crippen molar-refractivity contribution in [3.63, 3.8) is 0 Å². The van der Waals surface area contributed by atoms with E-state index in [1.807, 2.05) is 6.92 Å². The Morgan fingerprint density at radius 2 is 2.60 bits per heavy atom. The molecule has 1 fully saturated rings. The lowest BCUT2D eigenvalue weighted by Crippen LogP contribution is -2.37. The summed E-state index contributed by atoms with van der Waals surface area (Å²) in [7, 11) is 0. The Bertz CT molecular complexity index is 333. The zero-order valence-electron chi connectivity index (χ0n) is 8.49. The topological polar surface area (TPSA) is 79.8 Å². The summed E-state index contributed by atoms with van der Waals surface area (Å²) in [5, 5.41) is 13.6. The molecule has 2 rings (SSSR count). The van der Waals surface area contributed by atoms with Crippen LogP contribution in [0.2, 0.25) is 0 Å². The Morgan fingerprint density at radius 3 is 3.13 bits per heavy atom. The van der Waals surface area contributed by atoms with Gasteiger partial charge in [0.2, 0.25) is 11.0 Å². The molecule has 7 heteroatoms. The molecule has 1 aromatic rings. The molecule has 2 heterocycles. The van der Waals surface area contributed by atoms with E-state index in [1.165, 1.54) is 0 Å². The SMILES string of the molecule is CCC1(C(=O)Nc2nnns2)CCNC1. The summed E-state index contributed by atoms with van der Waals surface area (Å²) >= 11 is 1.09. The Kier molecular flexibility index (Phi) is 2.92. The van der Waals surface area contributed by atoms with Crippen LogP contribution in [0, 0.1) is 5.41 Å². The molecule has 1 atom stereocenters. The molecule has 1 aromatic heterocycles. The molecule has 15 heavy (non-hydrogen) atoms. The number of anilines is 1. The van der Waals surface area contributed by atoms with Crippen LogP contribution in [0.3, 0.4) is 0 Å².